The molecule has 96 valence electrons. The summed E-state index contributed by atoms with van der Waals surface area (Å²) in [6.07, 6.45) is 3.77. The van der Waals surface area contributed by atoms with Crippen molar-refractivity contribution >= 4 is 5.65 Å². The topological polar surface area (TPSA) is 33.4 Å². The van der Waals surface area contributed by atoms with Gasteiger partial charge in [-0.2, -0.15) is 0 Å². The molecule has 0 radical (unpaired) electrons. The molecule has 0 saturated carbocycles. The van der Waals surface area contributed by atoms with E-state index in [-0.39, 0.29) is 0 Å². The molecule has 1 saturated heterocycles. The molecule has 0 N–H and O–H groups in total. The van der Waals surface area contributed by atoms with Crippen molar-refractivity contribution in [3.63, 3.8) is 0 Å². The fraction of sp³-hybridized carbons (Fsp3) is 0.571. The molecule has 1 atom stereocenters. The first-order chi connectivity index (χ1) is 8.79. The van der Waals surface area contributed by atoms with Gasteiger partial charge in [0.2, 0.25) is 0 Å². The minimum absolute atomic E-state index is 0.406. The summed E-state index contributed by atoms with van der Waals surface area (Å²) in [5.74, 6) is 0.992. The molecule has 0 aliphatic carbocycles. The van der Waals surface area contributed by atoms with E-state index in [1.54, 1.807) is 0 Å². The second-order valence-corrected chi connectivity index (χ2v) is 5.05. The van der Waals surface area contributed by atoms with Gasteiger partial charge in [-0.25, -0.2) is 9.50 Å². The number of aromatic nitrogens is 3. The van der Waals surface area contributed by atoms with Crippen LogP contribution in [0.15, 0.2) is 18.2 Å². The van der Waals surface area contributed by atoms with Crippen LogP contribution >= 0.6 is 0 Å². The molecule has 2 aromatic rings. The normalized spacial score (nSPS) is 21.6. The highest BCUT2D eigenvalue weighted by atomic mass is 15.3. The van der Waals surface area contributed by atoms with E-state index in [0.29, 0.717) is 6.04 Å². The first-order valence-corrected chi connectivity index (χ1v) is 6.86. The van der Waals surface area contributed by atoms with E-state index < -0.39 is 0 Å². The maximum atomic E-state index is 4.71. The first kappa shape index (κ1) is 11.7. The molecule has 3 rings (SSSR count). The largest absolute Gasteiger partial charge is 0.294 e. The molecule has 1 fully saturated rings. The SMILES string of the molecule is CCN1CCCCC1c1nc2cccc(C)n2n1. The third kappa shape index (κ3) is 1.90. The van der Waals surface area contributed by atoms with Gasteiger partial charge in [-0.15, -0.1) is 5.10 Å². The van der Waals surface area contributed by atoms with Crippen molar-refractivity contribution in [2.75, 3.05) is 13.1 Å². The molecule has 0 aromatic carbocycles. The van der Waals surface area contributed by atoms with E-state index in [4.69, 9.17) is 10.1 Å². The van der Waals surface area contributed by atoms with Gasteiger partial charge in [0.15, 0.2) is 11.5 Å². The van der Waals surface area contributed by atoms with Crippen LogP contribution in [0.5, 0.6) is 0 Å². The van der Waals surface area contributed by atoms with E-state index >= 15 is 0 Å². The number of rotatable bonds is 2. The van der Waals surface area contributed by atoms with Crippen LogP contribution in [-0.4, -0.2) is 32.6 Å². The lowest BCUT2D eigenvalue weighted by Crippen LogP contribution is -2.33. The molecule has 0 amide bonds. The van der Waals surface area contributed by atoms with Crippen molar-refractivity contribution in [1.82, 2.24) is 19.5 Å². The third-order valence-corrected chi connectivity index (χ3v) is 3.88. The Morgan fingerprint density at radius 3 is 3.00 bits per heavy atom. The Hall–Kier alpha value is -1.42. The third-order valence-electron chi connectivity index (χ3n) is 3.88. The summed E-state index contributed by atoms with van der Waals surface area (Å²) in [7, 11) is 0. The van der Waals surface area contributed by atoms with Crippen LogP contribution in [-0.2, 0) is 0 Å². The summed E-state index contributed by atoms with van der Waals surface area (Å²) in [5, 5.41) is 4.70. The van der Waals surface area contributed by atoms with Gasteiger partial charge in [-0.1, -0.05) is 19.4 Å². The van der Waals surface area contributed by atoms with Gasteiger partial charge >= 0.3 is 0 Å². The zero-order valence-electron chi connectivity index (χ0n) is 11.1. The summed E-state index contributed by atoms with van der Waals surface area (Å²) in [6, 6.07) is 6.55. The monoisotopic (exact) mass is 244 g/mol. The molecule has 4 heteroatoms. The van der Waals surface area contributed by atoms with Crippen LogP contribution in [0.25, 0.3) is 5.65 Å². The number of hydrogen-bond acceptors (Lipinski definition) is 3. The minimum atomic E-state index is 0.406. The zero-order valence-corrected chi connectivity index (χ0v) is 11.1. The molecule has 0 bridgehead atoms. The predicted molar refractivity (Wildman–Crippen MR) is 71.6 cm³/mol. The number of fused-ring (bicyclic) bond motifs is 1. The van der Waals surface area contributed by atoms with Crippen molar-refractivity contribution in [3.05, 3.63) is 29.7 Å². The molecular weight excluding hydrogens is 224 g/mol. The molecule has 1 aliphatic rings. The first-order valence-electron chi connectivity index (χ1n) is 6.86. The van der Waals surface area contributed by atoms with Crippen LogP contribution in [0.4, 0.5) is 0 Å². The average molecular weight is 244 g/mol. The molecule has 4 nitrogen and oxygen atoms in total. The molecule has 18 heavy (non-hydrogen) atoms. The average Bonchev–Trinajstić information content (AvgIpc) is 2.84. The lowest BCUT2D eigenvalue weighted by Gasteiger charge is -2.32. The number of pyridine rings is 1. The lowest BCUT2D eigenvalue weighted by molar-refractivity contribution is 0.150. The highest BCUT2D eigenvalue weighted by molar-refractivity contribution is 5.38. The van der Waals surface area contributed by atoms with Crippen molar-refractivity contribution in [1.29, 1.82) is 0 Å². The van der Waals surface area contributed by atoms with Crippen LogP contribution < -0.4 is 0 Å². The Morgan fingerprint density at radius 2 is 2.22 bits per heavy atom. The smallest absolute Gasteiger partial charge is 0.168 e. The molecule has 3 heterocycles. The van der Waals surface area contributed by atoms with Crippen molar-refractivity contribution in [2.45, 2.75) is 39.2 Å². The van der Waals surface area contributed by atoms with Gasteiger partial charge in [0.1, 0.15) is 0 Å². The minimum Gasteiger partial charge on any atom is -0.294 e. The Kier molecular flexibility index (Phi) is 3.04. The summed E-state index contributed by atoms with van der Waals surface area (Å²) in [4.78, 5) is 7.20. The van der Waals surface area contributed by atoms with Crippen molar-refractivity contribution in [3.8, 4) is 0 Å². The van der Waals surface area contributed by atoms with E-state index in [0.717, 1.165) is 23.7 Å². The summed E-state index contributed by atoms with van der Waals surface area (Å²) < 4.78 is 1.96. The zero-order chi connectivity index (χ0) is 12.5. The Bertz CT molecular complexity index is 546. The molecular formula is C14H20N4. The second kappa shape index (κ2) is 4.69. The van der Waals surface area contributed by atoms with Crippen LogP contribution in [0.2, 0.25) is 0 Å². The molecule has 0 spiro atoms. The Morgan fingerprint density at radius 1 is 1.33 bits per heavy atom. The van der Waals surface area contributed by atoms with E-state index in [9.17, 15) is 0 Å². The lowest BCUT2D eigenvalue weighted by atomic mass is 10.0. The summed E-state index contributed by atoms with van der Waals surface area (Å²) >= 11 is 0. The second-order valence-electron chi connectivity index (χ2n) is 5.05. The summed E-state index contributed by atoms with van der Waals surface area (Å²) in [5.41, 5.74) is 2.11. The number of piperidine rings is 1. The predicted octanol–water partition coefficient (Wildman–Crippen LogP) is 2.58. The number of hydrogen-bond donors (Lipinski definition) is 0. The van der Waals surface area contributed by atoms with Crippen LogP contribution in [0.1, 0.15) is 43.7 Å². The number of nitrogens with zero attached hydrogens (tertiary/aromatic N) is 4. The maximum Gasteiger partial charge on any atom is 0.168 e. The fourth-order valence-electron chi connectivity index (χ4n) is 2.86. The molecule has 2 aromatic heterocycles. The quantitative estimate of drug-likeness (QED) is 0.814. The van der Waals surface area contributed by atoms with Gasteiger partial charge in [0.05, 0.1) is 6.04 Å². The maximum absolute atomic E-state index is 4.71. The fourth-order valence-corrected chi connectivity index (χ4v) is 2.86. The highest BCUT2D eigenvalue weighted by Crippen LogP contribution is 2.28. The van der Waals surface area contributed by atoms with Crippen molar-refractivity contribution in [2.24, 2.45) is 0 Å². The van der Waals surface area contributed by atoms with Crippen molar-refractivity contribution < 1.29 is 0 Å². The van der Waals surface area contributed by atoms with E-state index in [2.05, 4.69) is 24.8 Å². The standard InChI is InChI=1S/C14H20N4/c1-3-17-10-5-4-8-12(17)14-15-13-9-6-7-11(2)18(13)16-14/h6-7,9,12H,3-5,8,10H2,1-2H3. The highest BCUT2D eigenvalue weighted by Gasteiger charge is 2.26. The number of likely N-dealkylation sites (tertiary alicyclic amines) is 1. The van der Waals surface area contributed by atoms with Gasteiger partial charge in [-0.05, 0) is 45.0 Å². The van der Waals surface area contributed by atoms with Gasteiger partial charge in [0.25, 0.3) is 0 Å². The summed E-state index contributed by atoms with van der Waals surface area (Å²) in [6.45, 7) is 6.55. The van der Waals surface area contributed by atoms with Gasteiger partial charge < -0.3 is 0 Å². The number of aryl methyl sites for hydroxylation is 1. The van der Waals surface area contributed by atoms with Crippen LogP contribution in [0, 0.1) is 6.92 Å². The van der Waals surface area contributed by atoms with E-state index in [1.165, 1.54) is 25.8 Å². The molecule has 1 aliphatic heterocycles. The van der Waals surface area contributed by atoms with Crippen LogP contribution in [0.3, 0.4) is 0 Å². The van der Waals surface area contributed by atoms with Gasteiger partial charge in [0, 0.05) is 5.69 Å². The van der Waals surface area contributed by atoms with E-state index in [1.807, 2.05) is 16.6 Å². The van der Waals surface area contributed by atoms with Gasteiger partial charge in [-0.3, -0.25) is 4.90 Å². The Balaban J connectivity index is 2.00. The Labute approximate surface area is 108 Å². The molecule has 1 unspecified atom stereocenters.